The van der Waals surface area contributed by atoms with Gasteiger partial charge in [0.25, 0.3) is 0 Å². The molecule has 0 amide bonds. The molecule has 3 aromatic rings. The van der Waals surface area contributed by atoms with Gasteiger partial charge in [-0.15, -0.1) is 0 Å². The molecule has 0 saturated heterocycles. The van der Waals surface area contributed by atoms with Crippen LogP contribution in [0.2, 0.25) is 0 Å². The molecule has 27 heavy (non-hydrogen) atoms. The van der Waals surface area contributed by atoms with Gasteiger partial charge in [-0.25, -0.2) is 0 Å². The van der Waals surface area contributed by atoms with Gasteiger partial charge < -0.3 is 4.52 Å². The fraction of sp³-hybridized carbons (Fsp3) is 0.167. The molecule has 5 nitrogen and oxygen atoms in total. The molecule has 3 rings (SSSR count). The molecule has 0 spiro atoms. The van der Waals surface area contributed by atoms with E-state index in [1.165, 1.54) is 24.3 Å². The minimum absolute atomic E-state index is 0.192. The van der Waals surface area contributed by atoms with Gasteiger partial charge in [-0.2, -0.15) is 18.2 Å². The number of aryl methyl sites for hydroxylation is 1. The molecule has 0 aliphatic rings. The summed E-state index contributed by atoms with van der Waals surface area (Å²) in [6.45, 7) is 1.90. The average molecular weight is 394 g/mol. The maximum absolute atomic E-state index is 12.5. The van der Waals surface area contributed by atoms with Crippen LogP contribution in [0.15, 0.2) is 57.9 Å². The number of carbonyl (C=O) groups is 1. The van der Waals surface area contributed by atoms with Gasteiger partial charge in [-0.1, -0.05) is 47.1 Å². The SMILES string of the molecule is Cc1ccc(S(=O)CC(=O)c2ccc(-c3noc(C(F)(F)F)n3)cc2)cc1. The number of halogens is 3. The second kappa shape index (κ2) is 7.43. The predicted molar refractivity (Wildman–Crippen MR) is 91.5 cm³/mol. The Bertz CT molecular complexity index is 980. The van der Waals surface area contributed by atoms with Gasteiger partial charge in [-0.05, 0) is 19.1 Å². The summed E-state index contributed by atoms with van der Waals surface area (Å²) < 4.78 is 54.0. The molecule has 0 saturated carbocycles. The van der Waals surface area contributed by atoms with Crippen LogP contribution in [-0.2, 0) is 17.0 Å². The molecular weight excluding hydrogens is 381 g/mol. The Morgan fingerprint density at radius 2 is 1.70 bits per heavy atom. The van der Waals surface area contributed by atoms with Crippen LogP contribution in [0.5, 0.6) is 0 Å². The summed E-state index contributed by atoms with van der Waals surface area (Å²) in [4.78, 5) is 16.1. The highest BCUT2D eigenvalue weighted by Crippen LogP contribution is 2.29. The van der Waals surface area contributed by atoms with E-state index in [0.29, 0.717) is 10.5 Å². The second-order valence-electron chi connectivity index (χ2n) is 5.72. The summed E-state index contributed by atoms with van der Waals surface area (Å²) in [5.41, 5.74) is 1.58. The number of carbonyl (C=O) groups excluding carboxylic acids is 1. The summed E-state index contributed by atoms with van der Waals surface area (Å²) in [6.07, 6.45) is -4.72. The first-order valence-electron chi connectivity index (χ1n) is 7.73. The largest absolute Gasteiger partial charge is 0.471 e. The van der Waals surface area contributed by atoms with Crippen molar-refractivity contribution in [1.82, 2.24) is 10.1 Å². The van der Waals surface area contributed by atoms with Crippen molar-refractivity contribution in [3.05, 3.63) is 65.5 Å². The summed E-state index contributed by atoms with van der Waals surface area (Å²) in [5.74, 6) is -2.21. The Kier molecular flexibility index (Phi) is 5.22. The van der Waals surface area contributed by atoms with Crippen LogP contribution in [0.25, 0.3) is 11.4 Å². The van der Waals surface area contributed by atoms with Gasteiger partial charge in [0.2, 0.25) is 5.82 Å². The third-order valence-corrected chi connectivity index (χ3v) is 5.00. The molecule has 0 N–H and O–H groups in total. The first kappa shape index (κ1) is 19.0. The highest BCUT2D eigenvalue weighted by atomic mass is 32.2. The van der Waals surface area contributed by atoms with E-state index < -0.39 is 22.9 Å². The fourth-order valence-electron chi connectivity index (χ4n) is 2.24. The van der Waals surface area contributed by atoms with Gasteiger partial charge in [0.15, 0.2) is 5.78 Å². The molecule has 1 atom stereocenters. The molecule has 140 valence electrons. The van der Waals surface area contributed by atoms with Gasteiger partial charge >= 0.3 is 12.1 Å². The van der Waals surface area contributed by atoms with Gasteiger partial charge in [0.05, 0.1) is 16.6 Å². The minimum Gasteiger partial charge on any atom is -0.329 e. The normalized spacial score (nSPS) is 12.7. The highest BCUT2D eigenvalue weighted by molar-refractivity contribution is 7.85. The highest BCUT2D eigenvalue weighted by Gasteiger charge is 2.38. The number of aromatic nitrogens is 2. The number of rotatable bonds is 5. The Hall–Kier alpha value is -2.81. The van der Waals surface area contributed by atoms with Crippen molar-refractivity contribution in [2.45, 2.75) is 18.0 Å². The van der Waals surface area contributed by atoms with Crippen molar-refractivity contribution in [2.24, 2.45) is 0 Å². The Balaban J connectivity index is 1.71. The monoisotopic (exact) mass is 394 g/mol. The smallest absolute Gasteiger partial charge is 0.329 e. The van der Waals surface area contributed by atoms with Crippen molar-refractivity contribution < 1.29 is 26.7 Å². The van der Waals surface area contributed by atoms with E-state index in [4.69, 9.17) is 0 Å². The fourth-order valence-corrected chi connectivity index (χ4v) is 3.25. The van der Waals surface area contributed by atoms with Crippen LogP contribution in [0.1, 0.15) is 21.8 Å². The van der Waals surface area contributed by atoms with Crippen molar-refractivity contribution in [1.29, 1.82) is 0 Å². The molecule has 1 heterocycles. The first-order valence-corrected chi connectivity index (χ1v) is 9.05. The Morgan fingerprint density at radius 3 is 2.26 bits per heavy atom. The Labute approximate surface area is 154 Å². The van der Waals surface area contributed by atoms with Gasteiger partial charge in [0, 0.05) is 16.0 Å². The molecule has 1 unspecified atom stereocenters. The van der Waals surface area contributed by atoms with Gasteiger partial charge in [0.1, 0.15) is 0 Å². The minimum atomic E-state index is -4.72. The average Bonchev–Trinajstić information content (AvgIpc) is 3.13. The molecular formula is C18H13F3N2O3S. The van der Waals surface area contributed by atoms with E-state index >= 15 is 0 Å². The number of nitrogens with zero attached hydrogens (tertiary/aromatic N) is 2. The number of ketones is 1. The summed E-state index contributed by atoms with van der Waals surface area (Å²) >= 11 is 0. The standard InChI is InChI=1S/C18H13F3N2O3S/c1-11-2-8-14(9-3-11)27(25)10-15(24)12-4-6-13(7-5-12)16-22-17(26-23-16)18(19,20)21/h2-9H,10H2,1H3. The van der Waals surface area contributed by atoms with E-state index in [1.54, 1.807) is 12.1 Å². The van der Waals surface area contributed by atoms with Crippen LogP contribution < -0.4 is 0 Å². The van der Waals surface area contributed by atoms with Gasteiger partial charge in [-0.3, -0.25) is 9.00 Å². The number of benzene rings is 2. The van der Waals surface area contributed by atoms with Crippen LogP contribution in [-0.4, -0.2) is 25.9 Å². The number of hydrogen-bond donors (Lipinski definition) is 0. The Morgan fingerprint density at radius 1 is 1.07 bits per heavy atom. The van der Waals surface area contributed by atoms with Crippen LogP contribution >= 0.6 is 0 Å². The lowest BCUT2D eigenvalue weighted by atomic mass is 10.1. The number of alkyl halides is 3. The van der Waals surface area contributed by atoms with Crippen LogP contribution in [0, 0.1) is 6.92 Å². The molecule has 2 aromatic carbocycles. The van der Waals surface area contributed by atoms with Crippen molar-refractivity contribution in [3.8, 4) is 11.4 Å². The molecule has 0 fully saturated rings. The number of hydrogen-bond acceptors (Lipinski definition) is 5. The maximum atomic E-state index is 12.5. The molecule has 1 aromatic heterocycles. The first-order chi connectivity index (χ1) is 12.7. The lowest BCUT2D eigenvalue weighted by molar-refractivity contribution is -0.159. The third-order valence-electron chi connectivity index (χ3n) is 3.68. The van der Waals surface area contributed by atoms with Crippen molar-refractivity contribution >= 4 is 16.6 Å². The zero-order valence-corrected chi connectivity index (χ0v) is 14.8. The molecule has 9 heteroatoms. The summed E-state index contributed by atoms with van der Waals surface area (Å²) in [7, 11) is -1.48. The summed E-state index contributed by atoms with van der Waals surface area (Å²) in [6, 6.07) is 12.7. The van der Waals surface area contributed by atoms with E-state index in [9.17, 15) is 22.2 Å². The van der Waals surface area contributed by atoms with E-state index in [1.807, 2.05) is 19.1 Å². The zero-order valence-electron chi connectivity index (χ0n) is 14.0. The quantitative estimate of drug-likeness (QED) is 0.611. The molecule has 0 bridgehead atoms. The maximum Gasteiger partial charge on any atom is 0.471 e. The zero-order chi connectivity index (χ0) is 19.6. The van der Waals surface area contributed by atoms with E-state index in [0.717, 1.165) is 5.56 Å². The molecule has 0 aliphatic carbocycles. The van der Waals surface area contributed by atoms with Crippen molar-refractivity contribution in [3.63, 3.8) is 0 Å². The van der Waals surface area contributed by atoms with Crippen LogP contribution in [0.3, 0.4) is 0 Å². The second-order valence-corrected chi connectivity index (χ2v) is 7.18. The molecule has 0 radical (unpaired) electrons. The lowest BCUT2D eigenvalue weighted by Crippen LogP contribution is -2.11. The lowest BCUT2D eigenvalue weighted by Gasteiger charge is -2.04. The molecule has 0 aliphatic heterocycles. The van der Waals surface area contributed by atoms with E-state index in [2.05, 4.69) is 14.7 Å². The number of Topliss-reactive ketones (excluding diaryl/α,β-unsaturated/α-hetero) is 1. The topological polar surface area (TPSA) is 73.1 Å². The predicted octanol–water partition coefficient (Wildman–Crippen LogP) is 4.05. The van der Waals surface area contributed by atoms with Crippen LogP contribution in [0.4, 0.5) is 13.2 Å². The summed E-state index contributed by atoms with van der Waals surface area (Å²) in [5, 5.41) is 3.28. The van der Waals surface area contributed by atoms with E-state index in [-0.39, 0.29) is 22.9 Å². The third kappa shape index (κ3) is 4.48. The van der Waals surface area contributed by atoms with Crippen molar-refractivity contribution in [2.75, 3.05) is 5.75 Å².